The van der Waals surface area contributed by atoms with Crippen LogP contribution in [0.15, 0.2) is 54.7 Å². The molecule has 0 radical (unpaired) electrons. The summed E-state index contributed by atoms with van der Waals surface area (Å²) in [5, 5.41) is 4.21. The third-order valence-electron chi connectivity index (χ3n) is 6.04. The van der Waals surface area contributed by atoms with Crippen LogP contribution in [0.2, 0.25) is 0 Å². The number of methoxy groups -OCH3 is 1. The van der Waals surface area contributed by atoms with Gasteiger partial charge in [-0.15, -0.1) is 0 Å². The Kier molecular flexibility index (Phi) is 7.12. The molecule has 6 heteroatoms. The van der Waals surface area contributed by atoms with Crippen molar-refractivity contribution in [1.29, 1.82) is 0 Å². The molecule has 1 atom stereocenters. The van der Waals surface area contributed by atoms with E-state index in [2.05, 4.69) is 46.8 Å². The fraction of sp³-hybridized carbons (Fsp3) is 0.423. The van der Waals surface area contributed by atoms with Crippen LogP contribution < -0.4 is 10.1 Å². The number of fused-ring (bicyclic) bond motifs is 1. The summed E-state index contributed by atoms with van der Waals surface area (Å²) in [4.78, 5) is 15.7. The zero-order valence-corrected chi connectivity index (χ0v) is 19.2. The molecule has 1 N–H and O–H groups in total. The van der Waals surface area contributed by atoms with Crippen molar-refractivity contribution in [3.05, 3.63) is 65.9 Å². The zero-order valence-electron chi connectivity index (χ0n) is 19.2. The Morgan fingerprint density at radius 3 is 2.50 bits per heavy atom. The first-order valence-corrected chi connectivity index (χ1v) is 11.4. The van der Waals surface area contributed by atoms with Crippen molar-refractivity contribution in [1.82, 2.24) is 14.8 Å². The molecule has 32 heavy (non-hydrogen) atoms. The van der Waals surface area contributed by atoms with E-state index in [1.165, 1.54) is 0 Å². The third kappa shape index (κ3) is 4.97. The molecule has 1 fully saturated rings. The zero-order chi connectivity index (χ0) is 22.5. The maximum Gasteiger partial charge on any atom is 0.253 e. The number of ether oxygens (including phenoxy) is 2. The molecule has 0 spiro atoms. The molecule has 1 aliphatic rings. The van der Waals surface area contributed by atoms with E-state index in [0.717, 1.165) is 47.4 Å². The van der Waals surface area contributed by atoms with E-state index < -0.39 is 0 Å². The fourth-order valence-electron chi connectivity index (χ4n) is 4.43. The van der Waals surface area contributed by atoms with Crippen molar-refractivity contribution in [2.75, 3.05) is 40.0 Å². The number of amides is 1. The largest absolute Gasteiger partial charge is 0.497 e. The van der Waals surface area contributed by atoms with Crippen LogP contribution >= 0.6 is 0 Å². The SMILES string of the molecule is COc1ccc(C(CNC(=O)c2cn(CC(C)C)c3ccccc23)N2CCOCC2)cc1. The summed E-state index contributed by atoms with van der Waals surface area (Å²) < 4.78 is 13.1. The molecule has 2 aromatic carbocycles. The number of hydrogen-bond acceptors (Lipinski definition) is 4. The van der Waals surface area contributed by atoms with Crippen LogP contribution in [0.5, 0.6) is 5.75 Å². The highest BCUT2D eigenvalue weighted by Gasteiger charge is 2.24. The van der Waals surface area contributed by atoms with E-state index >= 15 is 0 Å². The molecule has 3 aromatic rings. The maximum atomic E-state index is 13.3. The van der Waals surface area contributed by atoms with Gasteiger partial charge in [0.25, 0.3) is 5.91 Å². The van der Waals surface area contributed by atoms with Crippen LogP contribution in [-0.2, 0) is 11.3 Å². The Morgan fingerprint density at radius 1 is 1.09 bits per heavy atom. The standard InChI is InChI=1S/C26H33N3O3/c1-19(2)17-29-18-23(22-6-4-5-7-24(22)29)26(30)27-16-25(28-12-14-32-15-13-28)20-8-10-21(31-3)11-9-20/h4-11,18-19,25H,12-17H2,1-3H3,(H,27,30). The predicted molar refractivity (Wildman–Crippen MR) is 127 cm³/mol. The predicted octanol–water partition coefficient (Wildman–Crippen LogP) is 4.11. The average molecular weight is 436 g/mol. The second kappa shape index (κ2) is 10.2. The monoisotopic (exact) mass is 435 g/mol. The van der Waals surface area contributed by atoms with Crippen molar-refractivity contribution in [2.24, 2.45) is 5.92 Å². The quantitative estimate of drug-likeness (QED) is 0.579. The van der Waals surface area contributed by atoms with Gasteiger partial charge in [0.15, 0.2) is 0 Å². The summed E-state index contributed by atoms with van der Waals surface area (Å²) >= 11 is 0. The second-order valence-corrected chi connectivity index (χ2v) is 8.75. The molecule has 2 heterocycles. The van der Waals surface area contributed by atoms with E-state index in [-0.39, 0.29) is 11.9 Å². The van der Waals surface area contributed by atoms with Crippen molar-refractivity contribution in [2.45, 2.75) is 26.4 Å². The smallest absolute Gasteiger partial charge is 0.253 e. The number of morpholine rings is 1. The lowest BCUT2D eigenvalue weighted by atomic mass is 10.0. The van der Waals surface area contributed by atoms with Crippen LogP contribution in [0.1, 0.15) is 35.8 Å². The Balaban J connectivity index is 1.55. The average Bonchev–Trinajstić information content (AvgIpc) is 3.18. The van der Waals surface area contributed by atoms with Crippen molar-refractivity contribution in [3.63, 3.8) is 0 Å². The van der Waals surface area contributed by atoms with Crippen LogP contribution in [0.25, 0.3) is 10.9 Å². The van der Waals surface area contributed by atoms with Crippen molar-refractivity contribution < 1.29 is 14.3 Å². The molecule has 4 rings (SSSR count). The van der Waals surface area contributed by atoms with Gasteiger partial charge in [-0.3, -0.25) is 9.69 Å². The molecule has 0 bridgehead atoms. The first-order chi connectivity index (χ1) is 15.6. The van der Waals surface area contributed by atoms with Gasteiger partial charge in [-0.25, -0.2) is 0 Å². The minimum atomic E-state index is -0.0320. The van der Waals surface area contributed by atoms with E-state index in [1.807, 2.05) is 36.5 Å². The molecule has 6 nitrogen and oxygen atoms in total. The summed E-state index contributed by atoms with van der Waals surface area (Å²) in [5.74, 6) is 1.30. The molecular weight excluding hydrogens is 402 g/mol. The highest BCUT2D eigenvalue weighted by Crippen LogP contribution is 2.25. The van der Waals surface area contributed by atoms with Crippen LogP contribution in [0.4, 0.5) is 0 Å². The summed E-state index contributed by atoms with van der Waals surface area (Å²) in [6, 6.07) is 16.3. The number of para-hydroxylation sites is 1. The van der Waals surface area contributed by atoms with Gasteiger partial charge in [-0.05, 0) is 29.7 Å². The number of carbonyl (C=O) groups excluding carboxylic acids is 1. The van der Waals surface area contributed by atoms with E-state index in [0.29, 0.717) is 25.7 Å². The Bertz CT molecular complexity index is 1040. The molecule has 0 aliphatic carbocycles. The maximum absolute atomic E-state index is 13.3. The first kappa shape index (κ1) is 22.4. The van der Waals surface area contributed by atoms with E-state index in [4.69, 9.17) is 9.47 Å². The molecular formula is C26H33N3O3. The summed E-state index contributed by atoms with van der Waals surface area (Å²) in [5.41, 5.74) is 3.00. The van der Waals surface area contributed by atoms with Gasteiger partial charge >= 0.3 is 0 Å². The number of rotatable bonds is 8. The molecule has 1 unspecified atom stereocenters. The van der Waals surface area contributed by atoms with E-state index in [1.54, 1.807) is 7.11 Å². The first-order valence-electron chi connectivity index (χ1n) is 11.4. The summed E-state index contributed by atoms with van der Waals surface area (Å²) in [6.07, 6.45) is 2.00. The number of hydrogen-bond donors (Lipinski definition) is 1. The summed E-state index contributed by atoms with van der Waals surface area (Å²) in [6.45, 7) is 8.92. The Hall–Kier alpha value is -2.83. The van der Waals surface area contributed by atoms with Crippen molar-refractivity contribution >= 4 is 16.8 Å². The van der Waals surface area contributed by atoms with Gasteiger partial charge in [0, 0.05) is 43.3 Å². The lowest BCUT2D eigenvalue weighted by molar-refractivity contribution is 0.0162. The Labute approximate surface area is 190 Å². The summed E-state index contributed by atoms with van der Waals surface area (Å²) in [7, 11) is 1.67. The normalized spacial score (nSPS) is 15.8. The van der Waals surface area contributed by atoms with Crippen LogP contribution in [-0.4, -0.2) is 55.3 Å². The number of nitrogens with zero attached hydrogens (tertiary/aromatic N) is 2. The topological polar surface area (TPSA) is 55.7 Å². The number of aromatic nitrogens is 1. The highest BCUT2D eigenvalue weighted by atomic mass is 16.5. The van der Waals surface area contributed by atoms with Gasteiger partial charge in [0.05, 0.1) is 31.9 Å². The molecule has 1 aliphatic heterocycles. The van der Waals surface area contributed by atoms with Gasteiger partial charge in [0.2, 0.25) is 0 Å². The fourth-order valence-corrected chi connectivity index (χ4v) is 4.43. The van der Waals surface area contributed by atoms with Crippen LogP contribution in [0.3, 0.4) is 0 Å². The minimum Gasteiger partial charge on any atom is -0.497 e. The minimum absolute atomic E-state index is 0.0320. The lowest BCUT2D eigenvalue weighted by Gasteiger charge is -2.35. The van der Waals surface area contributed by atoms with Gasteiger partial charge in [0.1, 0.15) is 5.75 Å². The Morgan fingerprint density at radius 2 is 1.81 bits per heavy atom. The highest BCUT2D eigenvalue weighted by molar-refractivity contribution is 6.07. The van der Waals surface area contributed by atoms with Gasteiger partial charge in [-0.1, -0.05) is 44.2 Å². The number of nitrogens with one attached hydrogen (secondary N) is 1. The second-order valence-electron chi connectivity index (χ2n) is 8.75. The van der Waals surface area contributed by atoms with E-state index in [9.17, 15) is 4.79 Å². The molecule has 170 valence electrons. The molecule has 1 aromatic heterocycles. The third-order valence-corrected chi connectivity index (χ3v) is 6.04. The van der Waals surface area contributed by atoms with Crippen molar-refractivity contribution in [3.8, 4) is 5.75 Å². The number of carbonyl (C=O) groups is 1. The van der Waals surface area contributed by atoms with Gasteiger partial charge < -0.3 is 19.4 Å². The molecule has 1 amide bonds. The molecule has 1 saturated heterocycles. The lowest BCUT2D eigenvalue weighted by Crippen LogP contribution is -2.43. The number of benzene rings is 2. The van der Waals surface area contributed by atoms with Crippen LogP contribution in [0, 0.1) is 5.92 Å². The molecule has 0 saturated carbocycles. The van der Waals surface area contributed by atoms with Gasteiger partial charge in [-0.2, -0.15) is 0 Å².